The zero-order chi connectivity index (χ0) is 10.9. The lowest BCUT2D eigenvalue weighted by atomic mass is 9.78. The normalized spacial score (nSPS) is 29.4. The van der Waals surface area contributed by atoms with Crippen molar-refractivity contribution in [2.45, 2.75) is 31.5 Å². The number of benzene rings is 1. The van der Waals surface area contributed by atoms with Crippen LogP contribution in [0.4, 0.5) is 0 Å². The van der Waals surface area contributed by atoms with Crippen LogP contribution in [0.15, 0.2) is 24.3 Å². The molecule has 0 aromatic heterocycles. The molecule has 0 aliphatic heterocycles. The van der Waals surface area contributed by atoms with Crippen LogP contribution < -0.4 is 9.47 Å². The van der Waals surface area contributed by atoms with E-state index in [1.807, 2.05) is 24.3 Å². The summed E-state index contributed by atoms with van der Waals surface area (Å²) in [4.78, 5) is 0. The Bertz CT molecular complexity index is 346. The molecule has 1 aliphatic rings. The minimum Gasteiger partial charge on any atom is -0.497 e. The first-order chi connectivity index (χ1) is 7.12. The Hall–Kier alpha value is -1.22. The average molecular weight is 208 g/mol. The summed E-state index contributed by atoms with van der Waals surface area (Å²) in [6, 6.07) is 7.44. The van der Waals surface area contributed by atoms with Crippen molar-refractivity contribution in [3.05, 3.63) is 24.3 Å². The third kappa shape index (κ3) is 2.07. The summed E-state index contributed by atoms with van der Waals surface area (Å²) in [7, 11) is 1.62. The summed E-state index contributed by atoms with van der Waals surface area (Å²) >= 11 is 0. The smallest absolute Gasteiger partial charge is 0.127 e. The SMILES string of the molecule is COc1cccc(O[C@H]2CC[C@]2(C)O)c1. The lowest BCUT2D eigenvalue weighted by Gasteiger charge is -2.42. The van der Waals surface area contributed by atoms with E-state index >= 15 is 0 Å². The Morgan fingerprint density at radius 3 is 2.67 bits per heavy atom. The molecule has 1 fully saturated rings. The van der Waals surface area contributed by atoms with E-state index < -0.39 is 5.60 Å². The molecule has 1 aromatic carbocycles. The van der Waals surface area contributed by atoms with Crippen LogP contribution in [-0.4, -0.2) is 23.9 Å². The van der Waals surface area contributed by atoms with E-state index in [1.165, 1.54) is 0 Å². The lowest BCUT2D eigenvalue weighted by Crippen LogP contribution is -2.52. The van der Waals surface area contributed by atoms with Gasteiger partial charge in [0.25, 0.3) is 0 Å². The van der Waals surface area contributed by atoms with E-state index in [0.717, 1.165) is 24.3 Å². The van der Waals surface area contributed by atoms with Gasteiger partial charge in [-0.15, -0.1) is 0 Å². The minimum absolute atomic E-state index is 0.0930. The van der Waals surface area contributed by atoms with E-state index in [0.29, 0.717) is 0 Å². The van der Waals surface area contributed by atoms with Crippen LogP contribution in [0.5, 0.6) is 11.5 Å². The van der Waals surface area contributed by atoms with E-state index in [-0.39, 0.29) is 6.10 Å². The second-order valence-electron chi connectivity index (χ2n) is 4.18. The van der Waals surface area contributed by atoms with Gasteiger partial charge in [-0.05, 0) is 31.9 Å². The topological polar surface area (TPSA) is 38.7 Å². The van der Waals surface area contributed by atoms with Gasteiger partial charge in [0.1, 0.15) is 17.6 Å². The van der Waals surface area contributed by atoms with Gasteiger partial charge in [-0.1, -0.05) is 6.07 Å². The molecule has 1 N–H and O–H groups in total. The van der Waals surface area contributed by atoms with Gasteiger partial charge in [0.15, 0.2) is 0 Å². The largest absolute Gasteiger partial charge is 0.497 e. The van der Waals surface area contributed by atoms with Crippen molar-refractivity contribution in [3.8, 4) is 11.5 Å². The van der Waals surface area contributed by atoms with Crippen molar-refractivity contribution in [1.29, 1.82) is 0 Å². The first-order valence-electron chi connectivity index (χ1n) is 5.15. The molecule has 0 spiro atoms. The Balaban J connectivity index is 2.04. The Kier molecular flexibility index (Phi) is 2.57. The van der Waals surface area contributed by atoms with Gasteiger partial charge in [0, 0.05) is 6.07 Å². The zero-order valence-corrected chi connectivity index (χ0v) is 9.06. The summed E-state index contributed by atoms with van der Waals surface area (Å²) < 4.78 is 10.8. The third-order valence-electron chi connectivity index (χ3n) is 2.93. The van der Waals surface area contributed by atoms with Crippen molar-refractivity contribution in [1.82, 2.24) is 0 Å². The van der Waals surface area contributed by atoms with Gasteiger partial charge in [0.2, 0.25) is 0 Å². The van der Waals surface area contributed by atoms with Gasteiger partial charge in [0.05, 0.1) is 12.7 Å². The lowest BCUT2D eigenvalue weighted by molar-refractivity contribution is -0.118. The van der Waals surface area contributed by atoms with Crippen LogP contribution in [0.25, 0.3) is 0 Å². The fraction of sp³-hybridized carbons (Fsp3) is 0.500. The Morgan fingerprint density at radius 2 is 2.13 bits per heavy atom. The van der Waals surface area contributed by atoms with Crippen molar-refractivity contribution in [2.24, 2.45) is 0 Å². The van der Waals surface area contributed by atoms with E-state index in [4.69, 9.17) is 9.47 Å². The number of hydrogen-bond donors (Lipinski definition) is 1. The summed E-state index contributed by atoms with van der Waals surface area (Å²) in [5, 5.41) is 9.80. The molecular formula is C12H16O3. The predicted molar refractivity (Wildman–Crippen MR) is 57.3 cm³/mol. The summed E-state index contributed by atoms with van der Waals surface area (Å²) in [6.45, 7) is 1.81. The number of ether oxygens (including phenoxy) is 2. The number of rotatable bonds is 3. The zero-order valence-electron chi connectivity index (χ0n) is 9.06. The summed E-state index contributed by atoms with van der Waals surface area (Å²) in [5.74, 6) is 1.52. The molecule has 0 heterocycles. The molecule has 1 aromatic rings. The molecule has 0 saturated heterocycles. The van der Waals surface area contributed by atoms with Crippen molar-refractivity contribution in [3.63, 3.8) is 0 Å². The first kappa shape index (κ1) is 10.3. The number of methoxy groups -OCH3 is 1. The minimum atomic E-state index is -0.678. The van der Waals surface area contributed by atoms with Crippen LogP contribution >= 0.6 is 0 Å². The molecule has 15 heavy (non-hydrogen) atoms. The fourth-order valence-electron chi connectivity index (χ4n) is 1.70. The molecule has 3 heteroatoms. The van der Waals surface area contributed by atoms with Gasteiger partial charge in [-0.3, -0.25) is 0 Å². The second kappa shape index (κ2) is 3.74. The van der Waals surface area contributed by atoms with Crippen molar-refractivity contribution >= 4 is 0 Å². The highest BCUT2D eigenvalue weighted by Gasteiger charge is 2.42. The van der Waals surface area contributed by atoms with Crippen LogP contribution in [0.2, 0.25) is 0 Å². The molecule has 0 bridgehead atoms. The van der Waals surface area contributed by atoms with Gasteiger partial charge in [-0.2, -0.15) is 0 Å². The summed E-state index contributed by atoms with van der Waals surface area (Å²) in [6.07, 6.45) is 1.62. The number of hydrogen-bond acceptors (Lipinski definition) is 3. The molecule has 0 unspecified atom stereocenters. The molecular weight excluding hydrogens is 192 g/mol. The molecule has 0 amide bonds. The average Bonchev–Trinajstić information content (AvgIpc) is 2.25. The van der Waals surface area contributed by atoms with Crippen molar-refractivity contribution < 1.29 is 14.6 Å². The Labute approximate surface area is 89.6 Å². The first-order valence-corrected chi connectivity index (χ1v) is 5.15. The second-order valence-corrected chi connectivity index (χ2v) is 4.18. The monoisotopic (exact) mass is 208 g/mol. The fourth-order valence-corrected chi connectivity index (χ4v) is 1.70. The maximum Gasteiger partial charge on any atom is 0.127 e. The highest BCUT2D eigenvalue weighted by Crippen LogP contribution is 2.35. The molecule has 3 nitrogen and oxygen atoms in total. The molecule has 82 valence electrons. The Morgan fingerprint density at radius 1 is 1.40 bits per heavy atom. The number of aliphatic hydroxyl groups is 1. The summed E-state index contributed by atoms with van der Waals surface area (Å²) in [5.41, 5.74) is -0.678. The molecule has 0 radical (unpaired) electrons. The van der Waals surface area contributed by atoms with Crippen LogP contribution in [0, 0.1) is 0 Å². The van der Waals surface area contributed by atoms with Gasteiger partial charge in [-0.25, -0.2) is 0 Å². The van der Waals surface area contributed by atoms with Gasteiger partial charge >= 0.3 is 0 Å². The van der Waals surface area contributed by atoms with Crippen LogP contribution in [0.1, 0.15) is 19.8 Å². The maximum atomic E-state index is 9.80. The highest BCUT2D eigenvalue weighted by atomic mass is 16.5. The van der Waals surface area contributed by atoms with E-state index in [1.54, 1.807) is 14.0 Å². The standard InChI is InChI=1S/C12H16O3/c1-12(13)7-6-11(12)15-10-5-3-4-9(8-10)14-2/h3-5,8,11,13H,6-7H2,1-2H3/t11-,12-/m0/s1. The van der Waals surface area contributed by atoms with Crippen LogP contribution in [-0.2, 0) is 0 Å². The molecule has 2 atom stereocenters. The third-order valence-corrected chi connectivity index (χ3v) is 2.93. The maximum absolute atomic E-state index is 9.80. The van der Waals surface area contributed by atoms with E-state index in [9.17, 15) is 5.11 Å². The molecule has 2 rings (SSSR count). The van der Waals surface area contributed by atoms with Gasteiger partial charge < -0.3 is 14.6 Å². The van der Waals surface area contributed by atoms with Crippen molar-refractivity contribution in [2.75, 3.05) is 7.11 Å². The quantitative estimate of drug-likeness (QED) is 0.825. The predicted octanol–water partition coefficient (Wildman–Crippen LogP) is 1.99. The van der Waals surface area contributed by atoms with E-state index in [2.05, 4.69) is 0 Å². The molecule has 1 aliphatic carbocycles. The molecule has 1 saturated carbocycles. The van der Waals surface area contributed by atoms with Crippen LogP contribution in [0.3, 0.4) is 0 Å². The highest BCUT2D eigenvalue weighted by molar-refractivity contribution is 5.33.